The fourth-order valence-corrected chi connectivity index (χ4v) is 1.34. The first-order chi connectivity index (χ1) is 8.49. The highest BCUT2D eigenvalue weighted by molar-refractivity contribution is 5.84. The zero-order chi connectivity index (χ0) is 13.5. The molecule has 1 aromatic rings. The summed E-state index contributed by atoms with van der Waals surface area (Å²) in [6, 6.07) is 7.05. The van der Waals surface area contributed by atoms with E-state index in [9.17, 15) is 9.59 Å². The van der Waals surface area contributed by atoms with Gasteiger partial charge in [0.1, 0.15) is 6.04 Å². The molecule has 2 N–H and O–H groups in total. The summed E-state index contributed by atoms with van der Waals surface area (Å²) in [4.78, 5) is 21.9. The minimum absolute atomic E-state index is 0.172. The third-order valence-corrected chi connectivity index (χ3v) is 2.44. The lowest BCUT2D eigenvalue weighted by molar-refractivity contribution is -0.141. The Morgan fingerprint density at radius 3 is 2.50 bits per heavy atom. The van der Waals surface area contributed by atoms with Gasteiger partial charge in [0, 0.05) is 6.42 Å². The zero-order valence-electron chi connectivity index (χ0n) is 10.5. The number of carboxylic acid groups (broad SMARTS) is 1. The molecule has 0 bridgehead atoms. The lowest BCUT2D eigenvalue weighted by Gasteiger charge is -2.07. The van der Waals surface area contributed by atoms with Crippen LogP contribution in [0.5, 0.6) is 0 Å². The largest absolute Gasteiger partial charge is 0.480 e. The predicted octanol–water partition coefficient (Wildman–Crippen LogP) is 1.99. The molecule has 1 amide bonds. The minimum atomic E-state index is -1.04. The van der Waals surface area contributed by atoms with Crippen molar-refractivity contribution in [2.45, 2.75) is 26.3 Å². The summed E-state index contributed by atoms with van der Waals surface area (Å²) in [6.07, 6.45) is 3.73. The van der Waals surface area contributed by atoms with Gasteiger partial charge in [-0.15, -0.1) is 0 Å². The third kappa shape index (κ3) is 4.82. The molecule has 4 heteroatoms. The number of rotatable bonds is 5. The highest BCUT2D eigenvalue weighted by Crippen LogP contribution is 2.05. The molecule has 0 aliphatic heterocycles. The highest BCUT2D eigenvalue weighted by atomic mass is 16.4. The van der Waals surface area contributed by atoms with E-state index in [0.29, 0.717) is 0 Å². The number of carbonyl (C=O) groups is 2. The fourth-order valence-electron chi connectivity index (χ4n) is 1.34. The van der Waals surface area contributed by atoms with E-state index in [1.54, 1.807) is 6.08 Å². The number of hydrogen-bond acceptors (Lipinski definition) is 2. The molecule has 0 fully saturated rings. The van der Waals surface area contributed by atoms with Crippen molar-refractivity contribution in [3.63, 3.8) is 0 Å². The maximum absolute atomic E-state index is 11.4. The van der Waals surface area contributed by atoms with Crippen molar-refractivity contribution in [1.29, 1.82) is 0 Å². The first-order valence-electron chi connectivity index (χ1n) is 5.74. The molecule has 0 radical (unpaired) electrons. The second-order valence-corrected chi connectivity index (χ2v) is 4.14. The van der Waals surface area contributed by atoms with E-state index in [2.05, 4.69) is 5.32 Å². The minimum Gasteiger partial charge on any atom is -0.480 e. The fraction of sp³-hybridized carbons (Fsp3) is 0.286. The van der Waals surface area contributed by atoms with E-state index in [4.69, 9.17) is 5.11 Å². The van der Waals surface area contributed by atoms with Gasteiger partial charge in [-0.25, -0.2) is 0 Å². The topological polar surface area (TPSA) is 66.4 Å². The normalized spacial score (nSPS) is 12.3. The Bertz CT molecular complexity index is 449. The van der Waals surface area contributed by atoms with Gasteiger partial charge in [0.2, 0.25) is 5.91 Å². The van der Waals surface area contributed by atoms with Crippen LogP contribution in [0.25, 0.3) is 6.08 Å². The Hall–Kier alpha value is -2.10. The molecular weight excluding hydrogens is 230 g/mol. The lowest BCUT2D eigenvalue weighted by atomic mass is 10.1. The summed E-state index contributed by atoms with van der Waals surface area (Å²) in [5, 5.41) is 11.0. The Labute approximate surface area is 106 Å². The number of aryl methyl sites for hydroxylation is 1. The summed E-state index contributed by atoms with van der Waals surface area (Å²) < 4.78 is 0. The van der Waals surface area contributed by atoms with Crippen molar-refractivity contribution in [3.8, 4) is 0 Å². The number of aliphatic carboxylic acids is 1. The first-order valence-corrected chi connectivity index (χ1v) is 5.74. The van der Waals surface area contributed by atoms with Gasteiger partial charge in [-0.1, -0.05) is 42.0 Å². The molecule has 4 nitrogen and oxygen atoms in total. The smallest absolute Gasteiger partial charge is 0.325 e. The molecule has 0 aliphatic rings. The monoisotopic (exact) mass is 247 g/mol. The number of carbonyl (C=O) groups excluding carboxylic acids is 1. The SMILES string of the molecule is Cc1ccc(/C=C/CC(=O)NC(C)C(=O)O)cc1. The molecule has 1 atom stereocenters. The molecule has 0 aromatic heterocycles. The van der Waals surface area contributed by atoms with Gasteiger partial charge in [-0.2, -0.15) is 0 Å². The Balaban J connectivity index is 2.43. The highest BCUT2D eigenvalue weighted by Gasteiger charge is 2.12. The maximum atomic E-state index is 11.4. The van der Waals surface area contributed by atoms with Crippen molar-refractivity contribution in [1.82, 2.24) is 5.32 Å². The summed E-state index contributed by atoms with van der Waals surface area (Å²) in [5.41, 5.74) is 2.19. The molecular formula is C14H17NO3. The van der Waals surface area contributed by atoms with Gasteiger partial charge in [0.25, 0.3) is 0 Å². The Kier molecular flexibility index (Phi) is 5.11. The van der Waals surface area contributed by atoms with Crippen molar-refractivity contribution in [2.75, 3.05) is 0 Å². The number of nitrogens with one attached hydrogen (secondary N) is 1. The van der Waals surface area contributed by atoms with E-state index in [0.717, 1.165) is 5.56 Å². The summed E-state index contributed by atoms with van der Waals surface area (Å²) in [6.45, 7) is 3.44. The van der Waals surface area contributed by atoms with Crippen molar-refractivity contribution in [3.05, 3.63) is 41.5 Å². The average Bonchev–Trinajstić information content (AvgIpc) is 2.31. The van der Waals surface area contributed by atoms with E-state index in [1.165, 1.54) is 12.5 Å². The molecule has 96 valence electrons. The molecule has 0 saturated heterocycles. The van der Waals surface area contributed by atoms with Crippen molar-refractivity contribution in [2.24, 2.45) is 0 Å². The molecule has 0 aliphatic carbocycles. The van der Waals surface area contributed by atoms with Crippen LogP contribution in [0.3, 0.4) is 0 Å². The zero-order valence-corrected chi connectivity index (χ0v) is 10.5. The van der Waals surface area contributed by atoms with Gasteiger partial charge >= 0.3 is 5.97 Å². The molecule has 0 saturated carbocycles. The Morgan fingerprint density at radius 1 is 1.33 bits per heavy atom. The molecule has 0 spiro atoms. The van der Waals surface area contributed by atoms with Crippen molar-refractivity contribution >= 4 is 18.0 Å². The van der Waals surface area contributed by atoms with Crippen LogP contribution in [-0.2, 0) is 9.59 Å². The van der Waals surface area contributed by atoms with Crippen LogP contribution < -0.4 is 5.32 Å². The molecule has 18 heavy (non-hydrogen) atoms. The summed E-state index contributed by atoms with van der Waals surface area (Å²) >= 11 is 0. The molecule has 1 rings (SSSR count). The number of hydrogen-bond donors (Lipinski definition) is 2. The third-order valence-electron chi connectivity index (χ3n) is 2.44. The van der Waals surface area contributed by atoms with E-state index >= 15 is 0 Å². The van der Waals surface area contributed by atoms with E-state index in [-0.39, 0.29) is 12.3 Å². The van der Waals surface area contributed by atoms with Gasteiger partial charge in [0.15, 0.2) is 0 Å². The van der Waals surface area contributed by atoms with Crippen LogP contribution in [0.2, 0.25) is 0 Å². The van der Waals surface area contributed by atoms with Crippen LogP contribution in [-0.4, -0.2) is 23.0 Å². The van der Waals surface area contributed by atoms with Crippen LogP contribution >= 0.6 is 0 Å². The van der Waals surface area contributed by atoms with Crippen LogP contribution in [0.1, 0.15) is 24.5 Å². The van der Waals surface area contributed by atoms with Crippen LogP contribution in [0.15, 0.2) is 30.3 Å². The molecule has 0 heterocycles. The standard InChI is InChI=1S/C14H17NO3/c1-10-6-8-12(9-7-10)4-3-5-13(16)15-11(2)14(17)18/h3-4,6-9,11H,5H2,1-2H3,(H,15,16)(H,17,18)/b4-3+. The van der Waals surface area contributed by atoms with Gasteiger partial charge < -0.3 is 10.4 Å². The van der Waals surface area contributed by atoms with E-state index < -0.39 is 12.0 Å². The molecule has 1 unspecified atom stereocenters. The predicted molar refractivity (Wildman–Crippen MR) is 70.1 cm³/mol. The van der Waals surface area contributed by atoms with Crippen LogP contribution in [0.4, 0.5) is 0 Å². The second kappa shape index (κ2) is 6.59. The van der Waals surface area contributed by atoms with Crippen LogP contribution in [0, 0.1) is 6.92 Å². The first kappa shape index (κ1) is 14.0. The summed E-state index contributed by atoms with van der Waals surface area (Å²) in [5.74, 6) is -1.33. The summed E-state index contributed by atoms with van der Waals surface area (Å²) in [7, 11) is 0. The van der Waals surface area contributed by atoms with E-state index in [1.807, 2.05) is 37.3 Å². The molecule has 1 aromatic carbocycles. The Morgan fingerprint density at radius 2 is 1.94 bits per heavy atom. The second-order valence-electron chi connectivity index (χ2n) is 4.14. The van der Waals surface area contributed by atoms with Gasteiger partial charge in [-0.05, 0) is 19.4 Å². The average molecular weight is 247 g/mol. The number of amides is 1. The lowest BCUT2D eigenvalue weighted by Crippen LogP contribution is -2.37. The quantitative estimate of drug-likeness (QED) is 0.836. The van der Waals surface area contributed by atoms with Gasteiger partial charge in [0.05, 0.1) is 0 Å². The number of carboxylic acids is 1. The number of benzene rings is 1. The van der Waals surface area contributed by atoms with Crippen molar-refractivity contribution < 1.29 is 14.7 Å². The maximum Gasteiger partial charge on any atom is 0.325 e. The van der Waals surface area contributed by atoms with Gasteiger partial charge in [-0.3, -0.25) is 9.59 Å².